The molecule has 2 atom stereocenters. The van der Waals surface area contributed by atoms with Crippen LogP contribution in [0.25, 0.3) is 0 Å². The maximum Gasteiger partial charge on any atom is 0.222 e. The van der Waals surface area contributed by atoms with Gasteiger partial charge in [-0.05, 0) is 25.3 Å². The SMILES string of the molecule is CC(C)C(=O)NCCNC1CCCCC1CN. The number of rotatable bonds is 6. The average molecular weight is 241 g/mol. The first-order chi connectivity index (χ1) is 8.15. The minimum absolute atomic E-state index is 0.0708. The van der Waals surface area contributed by atoms with E-state index in [-0.39, 0.29) is 11.8 Å². The highest BCUT2D eigenvalue weighted by Crippen LogP contribution is 2.23. The van der Waals surface area contributed by atoms with E-state index in [0.717, 1.165) is 13.1 Å². The first-order valence-corrected chi connectivity index (χ1v) is 6.86. The van der Waals surface area contributed by atoms with Crippen molar-refractivity contribution in [2.75, 3.05) is 19.6 Å². The van der Waals surface area contributed by atoms with Crippen LogP contribution in [0.3, 0.4) is 0 Å². The van der Waals surface area contributed by atoms with Crippen LogP contribution < -0.4 is 16.4 Å². The minimum atomic E-state index is 0.0708. The van der Waals surface area contributed by atoms with Gasteiger partial charge < -0.3 is 16.4 Å². The molecule has 0 radical (unpaired) electrons. The second-order valence-electron chi connectivity index (χ2n) is 5.29. The molecule has 1 amide bonds. The van der Waals surface area contributed by atoms with Crippen molar-refractivity contribution in [2.24, 2.45) is 17.6 Å². The van der Waals surface area contributed by atoms with E-state index in [1.807, 2.05) is 13.8 Å². The van der Waals surface area contributed by atoms with E-state index in [1.165, 1.54) is 25.7 Å². The molecule has 1 aliphatic rings. The highest BCUT2D eigenvalue weighted by atomic mass is 16.1. The molecule has 0 aromatic heterocycles. The number of nitrogens with one attached hydrogen (secondary N) is 2. The van der Waals surface area contributed by atoms with Crippen molar-refractivity contribution >= 4 is 5.91 Å². The fourth-order valence-corrected chi connectivity index (χ4v) is 2.41. The number of carbonyl (C=O) groups excluding carboxylic acids is 1. The molecule has 0 aromatic carbocycles. The average Bonchev–Trinajstić information content (AvgIpc) is 2.34. The third-order valence-electron chi connectivity index (χ3n) is 3.57. The van der Waals surface area contributed by atoms with Gasteiger partial charge in [0.1, 0.15) is 0 Å². The Labute approximate surface area is 105 Å². The fraction of sp³-hybridized carbons (Fsp3) is 0.923. The topological polar surface area (TPSA) is 67.2 Å². The molecule has 0 aromatic rings. The molecular formula is C13H27N3O. The Bertz CT molecular complexity index is 231. The van der Waals surface area contributed by atoms with Gasteiger partial charge in [-0.3, -0.25) is 4.79 Å². The monoisotopic (exact) mass is 241 g/mol. The van der Waals surface area contributed by atoms with Gasteiger partial charge in [-0.1, -0.05) is 26.7 Å². The van der Waals surface area contributed by atoms with Gasteiger partial charge in [0.25, 0.3) is 0 Å². The highest BCUT2D eigenvalue weighted by Gasteiger charge is 2.22. The van der Waals surface area contributed by atoms with E-state index in [9.17, 15) is 4.79 Å². The van der Waals surface area contributed by atoms with Gasteiger partial charge in [-0.15, -0.1) is 0 Å². The van der Waals surface area contributed by atoms with Crippen LogP contribution in [0, 0.1) is 11.8 Å². The fourth-order valence-electron chi connectivity index (χ4n) is 2.41. The third kappa shape index (κ3) is 5.04. The van der Waals surface area contributed by atoms with Gasteiger partial charge in [0.05, 0.1) is 0 Å². The van der Waals surface area contributed by atoms with Crippen molar-refractivity contribution in [1.29, 1.82) is 0 Å². The van der Waals surface area contributed by atoms with Gasteiger partial charge in [-0.25, -0.2) is 0 Å². The quantitative estimate of drug-likeness (QED) is 0.604. The Morgan fingerprint density at radius 2 is 2.00 bits per heavy atom. The zero-order chi connectivity index (χ0) is 12.7. The Balaban J connectivity index is 2.14. The van der Waals surface area contributed by atoms with Crippen LogP contribution in [0.5, 0.6) is 0 Å². The van der Waals surface area contributed by atoms with Crippen molar-refractivity contribution in [3.63, 3.8) is 0 Å². The summed E-state index contributed by atoms with van der Waals surface area (Å²) in [6.07, 6.45) is 5.07. The number of carbonyl (C=O) groups is 1. The van der Waals surface area contributed by atoms with Gasteiger partial charge in [0, 0.05) is 25.0 Å². The molecule has 100 valence electrons. The maximum absolute atomic E-state index is 11.4. The van der Waals surface area contributed by atoms with Crippen LogP contribution in [0.2, 0.25) is 0 Å². The molecule has 1 rings (SSSR count). The Morgan fingerprint density at radius 3 is 2.65 bits per heavy atom. The molecular weight excluding hydrogens is 214 g/mol. The zero-order valence-electron chi connectivity index (χ0n) is 11.2. The molecule has 0 aliphatic heterocycles. The number of hydrogen-bond acceptors (Lipinski definition) is 3. The summed E-state index contributed by atoms with van der Waals surface area (Å²) in [5.74, 6) is 0.817. The van der Waals surface area contributed by atoms with Crippen molar-refractivity contribution in [3.05, 3.63) is 0 Å². The summed E-state index contributed by atoms with van der Waals surface area (Å²) < 4.78 is 0. The Kier molecular flexibility index (Phi) is 6.52. The largest absolute Gasteiger partial charge is 0.355 e. The molecule has 4 heteroatoms. The summed E-state index contributed by atoms with van der Waals surface area (Å²) in [5, 5.41) is 6.44. The van der Waals surface area contributed by atoms with Crippen molar-refractivity contribution in [3.8, 4) is 0 Å². The van der Waals surface area contributed by atoms with Crippen LogP contribution in [-0.2, 0) is 4.79 Å². The van der Waals surface area contributed by atoms with E-state index in [0.29, 0.717) is 18.5 Å². The summed E-state index contributed by atoms with van der Waals surface area (Å²) in [6, 6.07) is 0.546. The lowest BCUT2D eigenvalue weighted by Gasteiger charge is -2.31. The number of nitrogens with two attached hydrogens (primary N) is 1. The molecule has 0 spiro atoms. The van der Waals surface area contributed by atoms with Gasteiger partial charge in [0.2, 0.25) is 5.91 Å². The zero-order valence-corrected chi connectivity index (χ0v) is 11.2. The predicted molar refractivity (Wildman–Crippen MR) is 70.7 cm³/mol. The van der Waals surface area contributed by atoms with E-state index in [2.05, 4.69) is 10.6 Å². The number of amides is 1. The lowest BCUT2D eigenvalue weighted by atomic mass is 9.84. The second kappa shape index (κ2) is 7.67. The molecule has 17 heavy (non-hydrogen) atoms. The van der Waals surface area contributed by atoms with E-state index in [4.69, 9.17) is 5.73 Å². The normalized spacial score (nSPS) is 24.9. The van der Waals surface area contributed by atoms with Gasteiger partial charge in [-0.2, -0.15) is 0 Å². The van der Waals surface area contributed by atoms with Crippen LogP contribution >= 0.6 is 0 Å². The molecule has 1 fully saturated rings. The molecule has 0 bridgehead atoms. The van der Waals surface area contributed by atoms with Crippen LogP contribution in [0.4, 0.5) is 0 Å². The molecule has 1 saturated carbocycles. The lowest BCUT2D eigenvalue weighted by Crippen LogP contribution is -2.45. The van der Waals surface area contributed by atoms with Crippen LogP contribution in [0.15, 0.2) is 0 Å². The van der Waals surface area contributed by atoms with Gasteiger partial charge in [0.15, 0.2) is 0 Å². The highest BCUT2D eigenvalue weighted by molar-refractivity contribution is 5.77. The molecule has 1 aliphatic carbocycles. The van der Waals surface area contributed by atoms with Crippen molar-refractivity contribution in [2.45, 2.75) is 45.6 Å². The Morgan fingerprint density at radius 1 is 1.29 bits per heavy atom. The van der Waals surface area contributed by atoms with E-state index in [1.54, 1.807) is 0 Å². The van der Waals surface area contributed by atoms with Crippen LogP contribution in [-0.4, -0.2) is 31.6 Å². The molecule has 4 N–H and O–H groups in total. The second-order valence-corrected chi connectivity index (χ2v) is 5.29. The third-order valence-corrected chi connectivity index (χ3v) is 3.57. The first kappa shape index (κ1) is 14.5. The summed E-state index contributed by atoms with van der Waals surface area (Å²) in [5.41, 5.74) is 5.78. The van der Waals surface area contributed by atoms with Gasteiger partial charge >= 0.3 is 0 Å². The summed E-state index contributed by atoms with van der Waals surface area (Å²) in [7, 11) is 0. The van der Waals surface area contributed by atoms with E-state index < -0.39 is 0 Å². The predicted octanol–water partition coefficient (Wildman–Crippen LogP) is 0.866. The summed E-state index contributed by atoms with van der Waals surface area (Å²) in [4.78, 5) is 11.4. The number of hydrogen-bond donors (Lipinski definition) is 3. The minimum Gasteiger partial charge on any atom is -0.355 e. The van der Waals surface area contributed by atoms with Crippen LogP contribution in [0.1, 0.15) is 39.5 Å². The molecule has 4 nitrogen and oxygen atoms in total. The standard InChI is InChI=1S/C13H27N3O/c1-10(2)13(17)16-8-7-15-12-6-4-3-5-11(12)9-14/h10-12,15H,3-9,14H2,1-2H3,(H,16,17). The smallest absolute Gasteiger partial charge is 0.222 e. The summed E-state index contributed by atoms with van der Waals surface area (Å²) >= 11 is 0. The maximum atomic E-state index is 11.4. The molecule has 0 heterocycles. The van der Waals surface area contributed by atoms with E-state index >= 15 is 0 Å². The van der Waals surface area contributed by atoms with Crippen molar-refractivity contribution < 1.29 is 4.79 Å². The molecule has 0 saturated heterocycles. The summed E-state index contributed by atoms with van der Waals surface area (Å²) in [6.45, 7) is 6.16. The first-order valence-electron chi connectivity index (χ1n) is 6.86. The Hall–Kier alpha value is -0.610. The lowest BCUT2D eigenvalue weighted by molar-refractivity contribution is -0.123. The van der Waals surface area contributed by atoms with Crippen molar-refractivity contribution in [1.82, 2.24) is 10.6 Å². The molecule has 2 unspecified atom stereocenters.